The number of carbonyl (C=O) groups excluding carboxylic acids is 1. The van der Waals surface area contributed by atoms with Crippen LogP contribution in [0.5, 0.6) is 0 Å². The van der Waals surface area contributed by atoms with E-state index in [1.165, 1.54) is 5.56 Å². The average molecular weight is 355 g/mol. The highest BCUT2D eigenvalue weighted by molar-refractivity contribution is 6.31. The van der Waals surface area contributed by atoms with Crippen molar-refractivity contribution in [2.24, 2.45) is 5.73 Å². The highest BCUT2D eigenvalue weighted by Crippen LogP contribution is 2.31. The fourth-order valence-electron chi connectivity index (χ4n) is 3.59. The van der Waals surface area contributed by atoms with E-state index in [9.17, 15) is 4.79 Å². The molecule has 2 heterocycles. The van der Waals surface area contributed by atoms with Crippen molar-refractivity contribution < 1.29 is 9.21 Å². The third-order valence-electron chi connectivity index (χ3n) is 4.97. The molecule has 1 saturated heterocycles. The third kappa shape index (κ3) is 2.81. The number of rotatable bonds is 2. The largest absolute Gasteiger partial charge is 0.451 e. The number of carbonyl (C=O) groups is 1. The van der Waals surface area contributed by atoms with Gasteiger partial charge in [0.05, 0.1) is 0 Å². The van der Waals surface area contributed by atoms with Crippen molar-refractivity contribution in [2.75, 3.05) is 13.1 Å². The molecule has 0 bridgehead atoms. The molecule has 1 aliphatic heterocycles. The Morgan fingerprint density at radius 2 is 1.96 bits per heavy atom. The van der Waals surface area contributed by atoms with Crippen LogP contribution in [-0.2, 0) is 0 Å². The Bertz CT molecular complexity index is 936. The lowest BCUT2D eigenvalue weighted by atomic mass is 9.95. The first-order chi connectivity index (χ1) is 12.0. The van der Waals surface area contributed by atoms with E-state index in [1.54, 1.807) is 17.0 Å². The van der Waals surface area contributed by atoms with Crippen LogP contribution in [0.3, 0.4) is 0 Å². The van der Waals surface area contributed by atoms with Gasteiger partial charge in [0, 0.05) is 41.0 Å². The van der Waals surface area contributed by atoms with Crippen molar-refractivity contribution in [3.8, 4) is 0 Å². The second-order valence-corrected chi connectivity index (χ2v) is 7.02. The molecular formula is C20H19ClN2O2. The highest BCUT2D eigenvalue weighted by Gasteiger charge is 2.36. The van der Waals surface area contributed by atoms with Crippen molar-refractivity contribution >= 4 is 28.5 Å². The smallest absolute Gasteiger partial charge is 0.289 e. The molecule has 4 nitrogen and oxygen atoms in total. The van der Waals surface area contributed by atoms with Crippen molar-refractivity contribution in [1.82, 2.24) is 4.90 Å². The normalized spacial score (nSPS) is 20.4. The van der Waals surface area contributed by atoms with E-state index in [-0.39, 0.29) is 17.9 Å². The van der Waals surface area contributed by atoms with Gasteiger partial charge in [0.15, 0.2) is 5.76 Å². The quantitative estimate of drug-likeness (QED) is 0.757. The van der Waals surface area contributed by atoms with Crippen LogP contribution in [0.25, 0.3) is 11.0 Å². The summed E-state index contributed by atoms with van der Waals surface area (Å²) in [6, 6.07) is 15.4. The fraction of sp³-hybridized carbons (Fsp3) is 0.250. The zero-order chi connectivity index (χ0) is 17.6. The lowest BCUT2D eigenvalue weighted by molar-refractivity contribution is 0.0759. The number of fused-ring (bicyclic) bond motifs is 1. The number of amides is 1. The number of aryl methyl sites for hydroxylation is 1. The molecule has 0 radical (unpaired) electrons. The molecule has 0 spiro atoms. The second-order valence-electron chi connectivity index (χ2n) is 6.59. The maximum Gasteiger partial charge on any atom is 0.289 e. The standard InChI is InChI=1S/C20H19ClN2O2/c1-12-15-9-14(21)7-8-18(15)25-19(12)20(24)23-10-16(17(22)11-23)13-5-3-2-4-6-13/h2-9,16-17H,10-11,22H2,1H3/t16-,17+/m0/s1. The second kappa shape index (κ2) is 6.21. The molecule has 1 amide bonds. The van der Waals surface area contributed by atoms with Crippen LogP contribution < -0.4 is 5.73 Å². The van der Waals surface area contributed by atoms with Crippen molar-refractivity contribution in [3.05, 3.63) is 70.4 Å². The summed E-state index contributed by atoms with van der Waals surface area (Å²) < 4.78 is 5.81. The van der Waals surface area contributed by atoms with Gasteiger partial charge in [-0.2, -0.15) is 0 Å². The minimum Gasteiger partial charge on any atom is -0.451 e. The molecule has 0 aliphatic carbocycles. The minimum absolute atomic E-state index is 0.0783. The Kier molecular flexibility index (Phi) is 4.02. The molecule has 4 rings (SSSR count). The van der Waals surface area contributed by atoms with Gasteiger partial charge in [-0.15, -0.1) is 0 Å². The summed E-state index contributed by atoms with van der Waals surface area (Å²) in [5.41, 5.74) is 8.97. The number of likely N-dealkylation sites (tertiary alicyclic amines) is 1. The van der Waals surface area contributed by atoms with Crippen LogP contribution in [0.15, 0.2) is 52.9 Å². The molecule has 0 saturated carbocycles. The molecule has 2 N–H and O–H groups in total. The Morgan fingerprint density at radius 1 is 1.20 bits per heavy atom. The SMILES string of the molecule is Cc1c(C(=O)N2C[C@@H](N)[C@H](c3ccccc3)C2)oc2ccc(Cl)cc12. The van der Waals surface area contributed by atoms with Gasteiger partial charge in [-0.3, -0.25) is 4.79 Å². The van der Waals surface area contributed by atoms with E-state index >= 15 is 0 Å². The number of nitrogens with two attached hydrogens (primary N) is 1. The summed E-state index contributed by atoms with van der Waals surface area (Å²) in [4.78, 5) is 14.8. The molecule has 2 aromatic carbocycles. The summed E-state index contributed by atoms with van der Waals surface area (Å²) in [6.45, 7) is 3.01. The molecular weight excluding hydrogens is 336 g/mol. The minimum atomic E-state index is -0.112. The van der Waals surface area contributed by atoms with E-state index in [0.29, 0.717) is 29.5 Å². The topological polar surface area (TPSA) is 59.5 Å². The van der Waals surface area contributed by atoms with Crippen LogP contribution in [0, 0.1) is 6.92 Å². The number of halogens is 1. The Balaban J connectivity index is 1.63. The summed E-state index contributed by atoms with van der Waals surface area (Å²) in [6.07, 6.45) is 0. The van der Waals surface area contributed by atoms with Crippen LogP contribution in [0.4, 0.5) is 0 Å². The van der Waals surface area contributed by atoms with Gasteiger partial charge in [-0.05, 0) is 30.7 Å². The van der Waals surface area contributed by atoms with E-state index in [0.717, 1.165) is 10.9 Å². The fourth-order valence-corrected chi connectivity index (χ4v) is 3.76. The van der Waals surface area contributed by atoms with Crippen molar-refractivity contribution in [3.63, 3.8) is 0 Å². The molecule has 1 aliphatic rings. The predicted molar refractivity (Wildman–Crippen MR) is 99.0 cm³/mol. The highest BCUT2D eigenvalue weighted by atomic mass is 35.5. The molecule has 128 valence electrons. The van der Waals surface area contributed by atoms with Crippen molar-refractivity contribution in [2.45, 2.75) is 18.9 Å². The summed E-state index contributed by atoms with van der Waals surface area (Å²) >= 11 is 6.06. The third-order valence-corrected chi connectivity index (χ3v) is 5.21. The van der Waals surface area contributed by atoms with Crippen LogP contribution in [0.2, 0.25) is 5.02 Å². The van der Waals surface area contributed by atoms with Crippen molar-refractivity contribution in [1.29, 1.82) is 0 Å². The van der Waals surface area contributed by atoms with E-state index < -0.39 is 0 Å². The number of hydrogen-bond acceptors (Lipinski definition) is 3. The van der Waals surface area contributed by atoms with Gasteiger partial charge < -0.3 is 15.1 Å². The number of furan rings is 1. The lowest BCUT2D eigenvalue weighted by Crippen LogP contribution is -2.32. The summed E-state index contributed by atoms with van der Waals surface area (Å²) in [5.74, 6) is 0.404. The summed E-state index contributed by atoms with van der Waals surface area (Å²) in [5, 5.41) is 1.50. The maximum atomic E-state index is 13.0. The predicted octanol–water partition coefficient (Wildman–Crippen LogP) is 3.96. The zero-order valence-corrected chi connectivity index (χ0v) is 14.7. The molecule has 25 heavy (non-hydrogen) atoms. The van der Waals surface area contributed by atoms with Crippen LogP contribution in [-0.4, -0.2) is 29.9 Å². The lowest BCUT2D eigenvalue weighted by Gasteiger charge is -2.15. The van der Waals surface area contributed by atoms with E-state index in [4.69, 9.17) is 21.8 Å². The molecule has 3 aromatic rings. The molecule has 1 fully saturated rings. The zero-order valence-electron chi connectivity index (χ0n) is 13.9. The monoisotopic (exact) mass is 354 g/mol. The molecule has 1 aromatic heterocycles. The Hall–Kier alpha value is -2.30. The Labute approximate surface area is 151 Å². The number of benzene rings is 2. The van der Waals surface area contributed by atoms with Gasteiger partial charge in [-0.1, -0.05) is 41.9 Å². The van der Waals surface area contributed by atoms with Gasteiger partial charge in [-0.25, -0.2) is 0 Å². The van der Waals surface area contributed by atoms with Gasteiger partial charge >= 0.3 is 0 Å². The van der Waals surface area contributed by atoms with Gasteiger partial charge in [0.2, 0.25) is 0 Å². The summed E-state index contributed by atoms with van der Waals surface area (Å²) in [7, 11) is 0. The van der Waals surface area contributed by atoms with E-state index in [1.807, 2.05) is 31.2 Å². The number of nitrogens with zero attached hydrogens (tertiary/aromatic N) is 1. The first-order valence-corrected chi connectivity index (χ1v) is 8.71. The number of hydrogen-bond donors (Lipinski definition) is 1. The van der Waals surface area contributed by atoms with E-state index in [2.05, 4.69) is 12.1 Å². The Morgan fingerprint density at radius 3 is 2.72 bits per heavy atom. The van der Waals surface area contributed by atoms with Crippen LogP contribution in [0.1, 0.15) is 27.6 Å². The maximum absolute atomic E-state index is 13.0. The molecule has 5 heteroatoms. The van der Waals surface area contributed by atoms with Gasteiger partial charge in [0.25, 0.3) is 5.91 Å². The first kappa shape index (κ1) is 16.2. The van der Waals surface area contributed by atoms with Gasteiger partial charge in [0.1, 0.15) is 5.58 Å². The average Bonchev–Trinajstić information content (AvgIpc) is 3.16. The first-order valence-electron chi connectivity index (χ1n) is 8.33. The molecule has 0 unspecified atom stereocenters. The van der Waals surface area contributed by atoms with Crippen LogP contribution >= 0.6 is 11.6 Å². The molecule has 2 atom stereocenters.